The number of hydrogen-bond donors (Lipinski definition) is 0. The van der Waals surface area contributed by atoms with Crippen molar-refractivity contribution in [1.82, 2.24) is 9.55 Å². The standard InChI is InChI=1S/C41H24N2O2/c1-4-10-36-30(7-1)31-8-2-5-11-37(31)43(36)29-15-18-41-35(22-29)34-21-26(14-17-40(34)45-41)28-19-27(23-42-24-28)25-13-16-39-33(20-25)32-9-3-6-12-38(32)44-39/h1-24H. The summed E-state index contributed by atoms with van der Waals surface area (Å²) in [5, 5.41) is 6.91. The fraction of sp³-hybridized carbons (Fsp3) is 0. The normalized spacial score (nSPS) is 12.0. The van der Waals surface area contributed by atoms with Crippen LogP contribution in [-0.4, -0.2) is 9.55 Å². The van der Waals surface area contributed by atoms with Crippen LogP contribution in [0.3, 0.4) is 0 Å². The van der Waals surface area contributed by atoms with Gasteiger partial charge in [-0.3, -0.25) is 4.98 Å². The molecule has 210 valence electrons. The summed E-state index contributed by atoms with van der Waals surface area (Å²) in [5.41, 5.74) is 11.3. The predicted octanol–water partition coefficient (Wildman–Crippen LogP) is 11.3. The summed E-state index contributed by atoms with van der Waals surface area (Å²) in [6.07, 6.45) is 3.86. The van der Waals surface area contributed by atoms with E-state index in [1.807, 2.05) is 30.6 Å². The molecule has 0 saturated heterocycles. The zero-order valence-electron chi connectivity index (χ0n) is 24.1. The molecule has 45 heavy (non-hydrogen) atoms. The summed E-state index contributed by atoms with van der Waals surface area (Å²) in [6.45, 7) is 0. The first-order valence-electron chi connectivity index (χ1n) is 15.1. The van der Waals surface area contributed by atoms with Crippen LogP contribution in [-0.2, 0) is 0 Å². The molecule has 0 radical (unpaired) electrons. The van der Waals surface area contributed by atoms with Crippen LogP contribution in [0.5, 0.6) is 0 Å². The molecule has 10 rings (SSSR count). The highest BCUT2D eigenvalue weighted by Crippen LogP contribution is 2.38. The largest absolute Gasteiger partial charge is 0.456 e. The van der Waals surface area contributed by atoms with E-state index in [4.69, 9.17) is 8.83 Å². The molecule has 4 heterocycles. The number of aromatic nitrogens is 2. The smallest absolute Gasteiger partial charge is 0.135 e. The molecule has 0 aliphatic rings. The molecule has 4 nitrogen and oxygen atoms in total. The lowest BCUT2D eigenvalue weighted by Gasteiger charge is -2.08. The van der Waals surface area contributed by atoms with Crippen molar-refractivity contribution in [3.63, 3.8) is 0 Å². The SMILES string of the molecule is c1ccc2c(c1)oc1ccc(-c3cncc(-c4ccc5oc6ccc(-n7c8ccccc8c8ccccc87)cc6c5c4)c3)cc12. The molecule has 10 aromatic rings. The summed E-state index contributed by atoms with van der Waals surface area (Å²) in [7, 11) is 0. The first kappa shape index (κ1) is 24.3. The van der Waals surface area contributed by atoms with Gasteiger partial charge in [0.1, 0.15) is 22.3 Å². The Morgan fingerprint density at radius 1 is 0.378 bits per heavy atom. The van der Waals surface area contributed by atoms with Gasteiger partial charge in [0.25, 0.3) is 0 Å². The first-order valence-corrected chi connectivity index (χ1v) is 15.1. The van der Waals surface area contributed by atoms with Crippen molar-refractivity contribution in [1.29, 1.82) is 0 Å². The number of benzene rings is 6. The summed E-state index contributed by atoms with van der Waals surface area (Å²) < 4.78 is 14.7. The second-order valence-corrected chi connectivity index (χ2v) is 11.6. The molecule has 0 fully saturated rings. The molecular formula is C41H24N2O2. The van der Waals surface area contributed by atoms with Crippen molar-refractivity contribution < 1.29 is 8.83 Å². The van der Waals surface area contributed by atoms with Crippen molar-refractivity contribution in [2.75, 3.05) is 0 Å². The van der Waals surface area contributed by atoms with Crippen LogP contribution in [0.1, 0.15) is 0 Å². The number of fused-ring (bicyclic) bond motifs is 9. The van der Waals surface area contributed by atoms with E-state index >= 15 is 0 Å². The van der Waals surface area contributed by atoms with E-state index in [-0.39, 0.29) is 0 Å². The lowest BCUT2D eigenvalue weighted by Crippen LogP contribution is -1.93. The average Bonchev–Trinajstić information content (AvgIpc) is 3.77. The Morgan fingerprint density at radius 3 is 1.51 bits per heavy atom. The van der Waals surface area contributed by atoms with Crippen LogP contribution in [0, 0.1) is 0 Å². The van der Waals surface area contributed by atoms with Crippen molar-refractivity contribution in [2.45, 2.75) is 0 Å². The molecule has 0 amide bonds. The summed E-state index contributed by atoms with van der Waals surface area (Å²) in [4.78, 5) is 4.65. The molecule has 0 aliphatic carbocycles. The van der Waals surface area contributed by atoms with Crippen LogP contribution in [0.2, 0.25) is 0 Å². The molecule has 6 aromatic carbocycles. The Bertz CT molecular complexity index is 2720. The minimum absolute atomic E-state index is 0.870. The summed E-state index contributed by atoms with van der Waals surface area (Å²) in [5.74, 6) is 0. The van der Waals surface area contributed by atoms with E-state index in [0.29, 0.717) is 0 Å². The molecule has 4 aromatic heterocycles. The van der Waals surface area contributed by atoms with Gasteiger partial charge in [-0.1, -0.05) is 66.7 Å². The second kappa shape index (κ2) is 9.18. The minimum atomic E-state index is 0.870. The van der Waals surface area contributed by atoms with Crippen molar-refractivity contribution in [2.24, 2.45) is 0 Å². The highest BCUT2D eigenvalue weighted by atomic mass is 16.3. The molecule has 0 unspecified atom stereocenters. The number of rotatable bonds is 3. The lowest BCUT2D eigenvalue weighted by molar-refractivity contribution is 0.668. The predicted molar refractivity (Wildman–Crippen MR) is 184 cm³/mol. The fourth-order valence-corrected chi connectivity index (χ4v) is 6.95. The molecule has 0 bridgehead atoms. The second-order valence-electron chi connectivity index (χ2n) is 11.6. The van der Waals surface area contributed by atoms with Gasteiger partial charge >= 0.3 is 0 Å². The van der Waals surface area contributed by atoms with E-state index < -0.39 is 0 Å². The Balaban J connectivity index is 1.11. The van der Waals surface area contributed by atoms with Crippen LogP contribution in [0.25, 0.3) is 93.6 Å². The van der Waals surface area contributed by atoms with Crippen molar-refractivity contribution >= 4 is 65.7 Å². The maximum absolute atomic E-state index is 6.32. The zero-order chi connectivity index (χ0) is 29.5. The molecule has 0 spiro atoms. The van der Waals surface area contributed by atoms with E-state index in [1.165, 1.54) is 21.8 Å². The first-order chi connectivity index (χ1) is 22.3. The van der Waals surface area contributed by atoms with E-state index in [9.17, 15) is 0 Å². The minimum Gasteiger partial charge on any atom is -0.456 e. The number of para-hydroxylation sites is 3. The average molecular weight is 577 g/mol. The van der Waals surface area contributed by atoms with Crippen molar-refractivity contribution in [3.05, 3.63) is 146 Å². The number of hydrogen-bond acceptors (Lipinski definition) is 3. The molecular weight excluding hydrogens is 552 g/mol. The van der Waals surface area contributed by atoms with Crippen LogP contribution in [0.15, 0.2) is 155 Å². The maximum Gasteiger partial charge on any atom is 0.135 e. The van der Waals surface area contributed by atoms with E-state index in [2.05, 4.69) is 125 Å². The van der Waals surface area contributed by atoms with Gasteiger partial charge in [0.2, 0.25) is 0 Å². The highest BCUT2D eigenvalue weighted by molar-refractivity contribution is 6.11. The third kappa shape index (κ3) is 3.63. The van der Waals surface area contributed by atoms with Gasteiger partial charge < -0.3 is 13.4 Å². The Labute approximate surface area is 257 Å². The van der Waals surface area contributed by atoms with Crippen LogP contribution in [0.4, 0.5) is 0 Å². The maximum atomic E-state index is 6.32. The molecule has 0 N–H and O–H groups in total. The quantitative estimate of drug-likeness (QED) is 0.210. The Morgan fingerprint density at radius 2 is 0.867 bits per heavy atom. The van der Waals surface area contributed by atoms with Gasteiger partial charge in [0, 0.05) is 61.5 Å². The van der Waals surface area contributed by atoms with E-state index in [0.717, 1.165) is 71.8 Å². The number of furan rings is 2. The number of pyridine rings is 1. The monoisotopic (exact) mass is 576 g/mol. The van der Waals surface area contributed by atoms with Crippen molar-refractivity contribution in [3.8, 4) is 27.9 Å². The summed E-state index contributed by atoms with van der Waals surface area (Å²) in [6, 6.07) is 46.9. The van der Waals surface area contributed by atoms with Crippen LogP contribution < -0.4 is 0 Å². The Kier molecular flexibility index (Phi) is 4.96. The zero-order valence-corrected chi connectivity index (χ0v) is 24.1. The fourth-order valence-electron chi connectivity index (χ4n) is 6.95. The van der Waals surface area contributed by atoms with Crippen LogP contribution >= 0.6 is 0 Å². The van der Waals surface area contributed by atoms with Gasteiger partial charge in [-0.25, -0.2) is 0 Å². The van der Waals surface area contributed by atoms with Gasteiger partial charge in [-0.15, -0.1) is 0 Å². The summed E-state index contributed by atoms with van der Waals surface area (Å²) >= 11 is 0. The molecule has 0 saturated carbocycles. The van der Waals surface area contributed by atoms with E-state index in [1.54, 1.807) is 0 Å². The lowest BCUT2D eigenvalue weighted by atomic mass is 9.99. The van der Waals surface area contributed by atoms with Gasteiger partial charge in [0.15, 0.2) is 0 Å². The Hall–Kier alpha value is -6.13. The highest BCUT2D eigenvalue weighted by Gasteiger charge is 2.15. The third-order valence-electron chi connectivity index (χ3n) is 9.07. The van der Waals surface area contributed by atoms with Gasteiger partial charge in [-0.05, 0) is 77.9 Å². The van der Waals surface area contributed by atoms with Gasteiger partial charge in [0.05, 0.1) is 11.0 Å². The molecule has 0 atom stereocenters. The third-order valence-corrected chi connectivity index (χ3v) is 9.07. The topological polar surface area (TPSA) is 44.1 Å². The molecule has 0 aliphatic heterocycles. The number of nitrogens with zero attached hydrogens (tertiary/aromatic N) is 2. The van der Waals surface area contributed by atoms with Gasteiger partial charge in [-0.2, -0.15) is 0 Å². The molecule has 4 heteroatoms.